The summed E-state index contributed by atoms with van der Waals surface area (Å²) in [7, 11) is 0. The highest BCUT2D eigenvalue weighted by Gasteiger charge is 2.41. The first-order valence-electron chi connectivity index (χ1n) is 7.35. The second kappa shape index (κ2) is 5.58. The predicted molar refractivity (Wildman–Crippen MR) is 78.4 cm³/mol. The Labute approximate surface area is 124 Å². The van der Waals surface area contributed by atoms with Crippen LogP contribution in [-0.4, -0.2) is 5.78 Å². The van der Waals surface area contributed by atoms with Gasteiger partial charge in [0.15, 0.2) is 5.78 Å². The third-order valence-corrected chi connectivity index (χ3v) is 5.36. The summed E-state index contributed by atoms with van der Waals surface area (Å²) in [6.45, 7) is 0. The molecule has 4 atom stereocenters. The summed E-state index contributed by atoms with van der Waals surface area (Å²) in [6.07, 6.45) is 5.62. The zero-order valence-corrected chi connectivity index (χ0v) is 12.1. The Morgan fingerprint density at radius 1 is 1.35 bits per heavy atom. The Kier molecular flexibility index (Phi) is 3.81. The van der Waals surface area contributed by atoms with Gasteiger partial charge >= 0.3 is 0 Å². The minimum Gasteiger partial charge on any atom is -0.298 e. The van der Waals surface area contributed by atoms with Gasteiger partial charge < -0.3 is 0 Å². The second-order valence-electron chi connectivity index (χ2n) is 6.19. The third-order valence-electron chi connectivity index (χ3n) is 5.02. The van der Waals surface area contributed by atoms with E-state index in [1.807, 2.05) is 12.1 Å². The Bertz CT molecular complexity index is 562. The summed E-state index contributed by atoms with van der Waals surface area (Å²) >= 11 is 6.12. The van der Waals surface area contributed by atoms with Crippen molar-refractivity contribution < 1.29 is 4.79 Å². The summed E-state index contributed by atoms with van der Waals surface area (Å²) in [4.78, 5) is 12.5. The summed E-state index contributed by atoms with van der Waals surface area (Å²) in [5, 5.41) is 9.86. The number of fused-ring (bicyclic) bond motifs is 2. The van der Waals surface area contributed by atoms with Crippen LogP contribution in [0.15, 0.2) is 24.3 Å². The molecule has 0 heterocycles. The topological polar surface area (TPSA) is 40.9 Å². The first-order chi connectivity index (χ1) is 9.69. The summed E-state index contributed by atoms with van der Waals surface area (Å²) in [6, 6.07) is 9.32. The number of rotatable bonds is 4. The Balaban J connectivity index is 1.72. The average Bonchev–Trinajstić information content (AvgIpc) is 3.04. The molecule has 1 aromatic carbocycles. The predicted octanol–water partition coefficient (Wildman–Crippen LogP) is 4.34. The summed E-state index contributed by atoms with van der Waals surface area (Å²) < 4.78 is 0. The van der Waals surface area contributed by atoms with Crippen LogP contribution in [0.2, 0.25) is 5.02 Å². The third kappa shape index (κ3) is 2.47. The molecule has 2 saturated carbocycles. The van der Waals surface area contributed by atoms with Crippen molar-refractivity contribution in [1.82, 2.24) is 0 Å². The lowest BCUT2D eigenvalue weighted by Gasteiger charge is -2.22. The fourth-order valence-electron chi connectivity index (χ4n) is 4.03. The van der Waals surface area contributed by atoms with Gasteiger partial charge in [-0.2, -0.15) is 5.26 Å². The number of nitriles is 1. The van der Waals surface area contributed by atoms with E-state index in [2.05, 4.69) is 6.07 Å². The molecule has 0 aromatic heterocycles. The van der Waals surface area contributed by atoms with Crippen molar-refractivity contribution in [3.8, 4) is 6.07 Å². The molecule has 0 radical (unpaired) electrons. The van der Waals surface area contributed by atoms with Crippen LogP contribution >= 0.6 is 11.6 Å². The quantitative estimate of drug-likeness (QED) is 0.826. The van der Waals surface area contributed by atoms with E-state index in [9.17, 15) is 10.1 Å². The molecule has 0 saturated heterocycles. The van der Waals surface area contributed by atoms with Gasteiger partial charge in [-0.25, -0.2) is 0 Å². The minimum atomic E-state index is -0.706. The van der Waals surface area contributed by atoms with Crippen molar-refractivity contribution in [2.45, 2.75) is 38.0 Å². The number of hydrogen-bond acceptors (Lipinski definition) is 2. The van der Waals surface area contributed by atoms with Crippen LogP contribution in [0.1, 0.15) is 43.6 Å². The first kappa shape index (κ1) is 13.6. The van der Waals surface area contributed by atoms with Gasteiger partial charge in [0.25, 0.3) is 0 Å². The van der Waals surface area contributed by atoms with E-state index in [4.69, 9.17) is 11.6 Å². The largest absolute Gasteiger partial charge is 0.298 e. The van der Waals surface area contributed by atoms with E-state index in [0.717, 1.165) is 11.8 Å². The average molecular weight is 288 g/mol. The number of benzene rings is 1. The molecule has 2 aliphatic carbocycles. The molecule has 104 valence electrons. The molecule has 4 unspecified atom stereocenters. The van der Waals surface area contributed by atoms with Crippen LogP contribution in [0.3, 0.4) is 0 Å². The van der Waals surface area contributed by atoms with Crippen LogP contribution in [0.5, 0.6) is 0 Å². The highest BCUT2D eigenvalue weighted by Crippen LogP contribution is 2.50. The van der Waals surface area contributed by atoms with Crippen LogP contribution in [-0.2, 0) is 4.79 Å². The summed E-state index contributed by atoms with van der Waals surface area (Å²) in [5.41, 5.74) is 0.657. The maximum atomic E-state index is 12.5. The van der Waals surface area contributed by atoms with Gasteiger partial charge in [0.1, 0.15) is 5.92 Å². The molecule has 0 aliphatic heterocycles. The van der Waals surface area contributed by atoms with Gasteiger partial charge in [-0.3, -0.25) is 4.79 Å². The molecule has 2 aliphatic rings. The van der Waals surface area contributed by atoms with Gasteiger partial charge in [0, 0.05) is 11.4 Å². The zero-order valence-electron chi connectivity index (χ0n) is 11.4. The Hall–Kier alpha value is -1.33. The van der Waals surface area contributed by atoms with Crippen LogP contribution in [0.25, 0.3) is 0 Å². The highest BCUT2D eigenvalue weighted by molar-refractivity contribution is 6.31. The normalized spacial score (nSPS) is 29.1. The number of ketones is 1. The van der Waals surface area contributed by atoms with Crippen molar-refractivity contribution in [3.05, 3.63) is 34.9 Å². The highest BCUT2D eigenvalue weighted by atomic mass is 35.5. The minimum absolute atomic E-state index is 0.0400. The second-order valence-corrected chi connectivity index (χ2v) is 6.60. The molecule has 0 spiro atoms. The fourth-order valence-corrected chi connectivity index (χ4v) is 4.27. The maximum absolute atomic E-state index is 12.5. The van der Waals surface area contributed by atoms with Crippen molar-refractivity contribution in [3.63, 3.8) is 0 Å². The molecule has 2 fully saturated rings. The van der Waals surface area contributed by atoms with Crippen molar-refractivity contribution >= 4 is 17.4 Å². The van der Waals surface area contributed by atoms with Gasteiger partial charge in [0.2, 0.25) is 0 Å². The lowest BCUT2D eigenvalue weighted by Crippen LogP contribution is -2.19. The molecule has 2 nitrogen and oxygen atoms in total. The molecule has 20 heavy (non-hydrogen) atoms. The SMILES string of the molecule is N#CC(C(=O)CC1CC2CCC1C2)c1ccccc1Cl. The van der Waals surface area contributed by atoms with E-state index in [1.165, 1.54) is 25.7 Å². The summed E-state index contributed by atoms with van der Waals surface area (Å²) in [5.74, 6) is 1.38. The van der Waals surface area contributed by atoms with E-state index in [1.54, 1.807) is 12.1 Å². The fraction of sp³-hybridized carbons (Fsp3) is 0.529. The zero-order chi connectivity index (χ0) is 14.1. The van der Waals surface area contributed by atoms with Gasteiger partial charge in [-0.05, 0) is 48.6 Å². The first-order valence-corrected chi connectivity index (χ1v) is 7.73. The molecular weight excluding hydrogens is 270 g/mol. The van der Waals surface area contributed by atoms with Crippen LogP contribution in [0.4, 0.5) is 0 Å². The molecule has 1 aromatic rings. The standard InChI is InChI=1S/C17H18ClNO/c18-16-4-2-1-3-14(16)15(10-19)17(20)9-13-8-11-5-6-12(13)7-11/h1-4,11-13,15H,5-9H2. The van der Waals surface area contributed by atoms with Crippen LogP contribution < -0.4 is 0 Å². The van der Waals surface area contributed by atoms with Gasteiger partial charge in [-0.15, -0.1) is 0 Å². The monoisotopic (exact) mass is 287 g/mol. The number of halogens is 1. The molecule has 2 bridgehead atoms. The molecule has 3 heteroatoms. The van der Waals surface area contributed by atoms with E-state index in [0.29, 0.717) is 22.9 Å². The number of nitrogens with zero attached hydrogens (tertiary/aromatic N) is 1. The maximum Gasteiger partial charge on any atom is 0.154 e. The van der Waals surface area contributed by atoms with Crippen molar-refractivity contribution in [2.24, 2.45) is 17.8 Å². The van der Waals surface area contributed by atoms with Gasteiger partial charge in [0.05, 0.1) is 6.07 Å². The number of Topliss-reactive ketones (excluding diaryl/α,β-unsaturated/α-hetero) is 1. The molecule has 0 N–H and O–H groups in total. The van der Waals surface area contributed by atoms with Crippen molar-refractivity contribution in [1.29, 1.82) is 5.26 Å². The van der Waals surface area contributed by atoms with E-state index < -0.39 is 5.92 Å². The number of carbonyl (C=O) groups is 1. The molecular formula is C17H18ClNO. The Morgan fingerprint density at radius 3 is 2.75 bits per heavy atom. The number of carbonyl (C=O) groups excluding carboxylic acids is 1. The van der Waals surface area contributed by atoms with Crippen LogP contribution in [0, 0.1) is 29.1 Å². The number of hydrogen-bond donors (Lipinski definition) is 0. The van der Waals surface area contributed by atoms with E-state index >= 15 is 0 Å². The van der Waals surface area contributed by atoms with Gasteiger partial charge in [-0.1, -0.05) is 36.2 Å². The van der Waals surface area contributed by atoms with E-state index in [-0.39, 0.29) is 5.78 Å². The molecule has 0 amide bonds. The lowest BCUT2D eigenvalue weighted by molar-refractivity contribution is -0.120. The smallest absolute Gasteiger partial charge is 0.154 e. The Morgan fingerprint density at radius 2 is 2.15 bits per heavy atom. The lowest BCUT2D eigenvalue weighted by atomic mass is 9.82. The molecule has 3 rings (SSSR count). The van der Waals surface area contributed by atoms with Crippen molar-refractivity contribution in [2.75, 3.05) is 0 Å².